The average Bonchev–Trinajstić information content (AvgIpc) is 2.99. The molecular formula is C12H27B2O8P. The summed E-state index contributed by atoms with van der Waals surface area (Å²) in [5, 5.41) is 0. The third kappa shape index (κ3) is 5.63. The van der Waals surface area contributed by atoms with Crippen molar-refractivity contribution in [2.45, 2.75) is 49.3 Å². The number of hydrogen-bond donors (Lipinski definition) is 2. The van der Waals surface area contributed by atoms with Crippen LogP contribution in [0, 0.1) is 0 Å². The Bertz CT molecular complexity index is 377. The summed E-state index contributed by atoms with van der Waals surface area (Å²) in [5.41, 5.74) is 0. The number of hydrogen-bond acceptors (Lipinski definition) is 8. The predicted octanol–water partition coefficient (Wildman–Crippen LogP) is -2.06. The molecule has 134 valence electrons. The zero-order chi connectivity index (χ0) is 17.0. The molecule has 2 rings (SSSR count). The van der Waals surface area contributed by atoms with Crippen molar-refractivity contribution in [1.29, 1.82) is 0 Å². The van der Waals surface area contributed by atoms with Crippen molar-refractivity contribution in [3.05, 3.63) is 0 Å². The summed E-state index contributed by atoms with van der Waals surface area (Å²) < 4.78 is 32.3. The molecule has 2 heterocycles. The fourth-order valence-electron chi connectivity index (χ4n) is 3.09. The van der Waals surface area contributed by atoms with Gasteiger partial charge in [-0.1, -0.05) is 0 Å². The quantitative estimate of drug-likeness (QED) is 0.381. The average molecular weight is 352 g/mol. The van der Waals surface area contributed by atoms with Gasteiger partial charge in [0.1, 0.15) is 0 Å². The minimum absolute atomic E-state index is 0.0140. The van der Waals surface area contributed by atoms with Crippen LogP contribution in [0.2, 0.25) is 0 Å². The Labute approximate surface area is 139 Å². The Morgan fingerprint density at radius 3 is 2.13 bits per heavy atom. The minimum atomic E-state index is -4.27. The zero-order valence-electron chi connectivity index (χ0n) is 14.1. The van der Waals surface area contributed by atoms with Crippen molar-refractivity contribution < 1.29 is 37.8 Å². The van der Waals surface area contributed by atoms with Crippen molar-refractivity contribution in [1.82, 2.24) is 0 Å². The van der Waals surface area contributed by atoms with Gasteiger partial charge in [-0.05, 0) is 0 Å². The molecule has 2 aliphatic heterocycles. The monoisotopic (exact) mass is 352 g/mol. The van der Waals surface area contributed by atoms with Gasteiger partial charge in [0.2, 0.25) is 0 Å². The van der Waals surface area contributed by atoms with Crippen LogP contribution in [0.4, 0.5) is 0 Å². The Morgan fingerprint density at radius 1 is 1.00 bits per heavy atom. The van der Waals surface area contributed by atoms with Gasteiger partial charge < -0.3 is 0 Å². The first-order valence-electron chi connectivity index (χ1n) is 7.93. The van der Waals surface area contributed by atoms with Crippen LogP contribution in [0.1, 0.15) is 12.8 Å². The van der Waals surface area contributed by atoms with Gasteiger partial charge in [0.05, 0.1) is 0 Å². The Kier molecular flexibility index (Phi) is 7.28. The van der Waals surface area contributed by atoms with Gasteiger partial charge in [-0.2, -0.15) is 0 Å². The zero-order valence-corrected chi connectivity index (χ0v) is 15.1. The SMILES string of the molecule is BC1CC(OC)C(CO[PH](O)(O)OC2CC(B)OC2COC)O1. The van der Waals surface area contributed by atoms with Gasteiger partial charge in [0, 0.05) is 0 Å². The first-order chi connectivity index (χ1) is 10.8. The van der Waals surface area contributed by atoms with Crippen molar-refractivity contribution in [3.63, 3.8) is 0 Å². The normalized spacial score (nSPS) is 39.0. The van der Waals surface area contributed by atoms with Gasteiger partial charge in [0.15, 0.2) is 0 Å². The van der Waals surface area contributed by atoms with E-state index in [4.69, 9.17) is 28.0 Å². The first kappa shape index (κ1) is 19.6. The van der Waals surface area contributed by atoms with Crippen molar-refractivity contribution in [2.75, 3.05) is 27.4 Å². The first-order valence-corrected chi connectivity index (χ1v) is 9.65. The standard InChI is InChI=1S/C12H27B2O8P/c1-17-5-9-8(4-12(14)20-9)22-23(15,16)19-6-10-7(18-2)3-11(13)21-10/h7-12,15-16,23H,3-6,13-14H2,1-2H3. The van der Waals surface area contributed by atoms with E-state index in [-0.39, 0.29) is 36.9 Å². The van der Waals surface area contributed by atoms with E-state index in [0.29, 0.717) is 13.0 Å². The molecule has 11 heteroatoms. The van der Waals surface area contributed by atoms with E-state index < -0.39 is 14.3 Å². The summed E-state index contributed by atoms with van der Waals surface area (Å²) in [4.78, 5) is 20.2. The fourth-order valence-corrected chi connectivity index (χ4v) is 4.18. The van der Waals surface area contributed by atoms with E-state index in [1.54, 1.807) is 14.2 Å². The molecule has 2 fully saturated rings. The third-order valence-corrected chi connectivity index (χ3v) is 5.30. The fraction of sp³-hybridized carbons (Fsp3) is 1.00. The van der Waals surface area contributed by atoms with Crippen LogP contribution in [0.15, 0.2) is 0 Å². The molecule has 0 aromatic rings. The van der Waals surface area contributed by atoms with Crippen LogP contribution < -0.4 is 0 Å². The van der Waals surface area contributed by atoms with E-state index in [1.807, 2.05) is 15.7 Å². The number of ether oxygens (including phenoxy) is 4. The van der Waals surface area contributed by atoms with Gasteiger partial charge >= 0.3 is 138 Å². The molecular weight excluding hydrogens is 325 g/mol. The van der Waals surface area contributed by atoms with Crippen LogP contribution in [-0.2, 0) is 28.0 Å². The topological polar surface area (TPSA) is 95.8 Å². The third-order valence-electron chi connectivity index (χ3n) is 4.15. The molecule has 0 bridgehead atoms. The van der Waals surface area contributed by atoms with Crippen LogP contribution in [0.5, 0.6) is 0 Å². The molecule has 2 N–H and O–H groups in total. The molecule has 0 aromatic carbocycles. The van der Waals surface area contributed by atoms with E-state index in [1.165, 1.54) is 0 Å². The summed E-state index contributed by atoms with van der Waals surface area (Å²) in [6, 6.07) is 0.0277. The second kappa shape index (κ2) is 8.56. The molecule has 6 atom stereocenters. The van der Waals surface area contributed by atoms with E-state index in [9.17, 15) is 9.79 Å². The molecule has 8 nitrogen and oxygen atoms in total. The van der Waals surface area contributed by atoms with Gasteiger partial charge in [0.25, 0.3) is 0 Å². The summed E-state index contributed by atoms with van der Waals surface area (Å²) in [6.07, 6.45) is 0.0580. The Balaban J connectivity index is 1.84. The number of methoxy groups -OCH3 is 2. The van der Waals surface area contributed by atoms with Crippen molar-refractivity contribution >= 4 is 23.9 Å². The van der Waals surface area contributed by atoms with Gasteiger partial charge in [-0.25, -0.2) is 0 Å². The molecule has 0 saturated carbocycles. The molecule has 0 aliphatic carbocycles. The second-order valence-electron chi connectivity index (χ2n) is 6.19. The van der Waals surface area contributed by atoms with Crippen molar-refractivity contribution in [3.8, 4) is 0 Å². The van der Waals surface area contributed by atoms with E-state index in [0.717, 1.165) is 6.42 Å². The van der Waals surface area contributed by atoms with Crippen molar-refractivity contribution in [2.24, 2.45) is 0 Å². The van der Waals surface area contributed by atoms with Crippen LogP contribution in [-0.4, -0.2) is 89.3 Å². The molecule has 0 aromatic heterocycles. The number of rotatable bonds is 8. The summed E-state index contributed by atoms with van der Waals surface area (Å²) in [7, 11) is 2.74. The molecule has 0 amide bonds. The van der Waals surface area contributed by atoms with E-state index in [2.05, 4.69) is 0 Å². The summed E-state index contributed by atoms with van der Waals surface area (Å²) in [5.74, 6) is 0. The predicted molar refractivity (Wildman–Crippen MR) is 89.9 cm³/mol. The van der Waals surface area contributed by atoms with Gasteiger partial charge in [-0.15, -0.1) is 0 Å². The van der Waals surface area contributed by atoms with Crippen LogP contribution in [0.25, 0.3) is 0 Å². The molecule has 2 saturated heterocycles. The Hall–Kier alpha value is 0.240. The summed E-state index contributed by atoms with van der Waals surface area (Å²) >= 11 is 0. The van der Waals surface area contributed by atoms with E-state index >= 15 is 0 Å². The maximum absolute atomic E-state index is 10.1. The maximum atomic E-state index is 10.1. The Morgan fingerprint density at radius 2 is 1.57 bits per heavy atom. The molecule has 0 spiro atoms. The van der Waals surface area contributed by atoms with Gasteiger partial charge in [-0.3, -0.25) is 0 Å². The molecule has 23 heavy (non-hydrogen) atoms. The molecule has 0 radical (unpaired) electrons. The van der Waals surface area contributed by atoms with Crippen LogP contribution in [0.3, 0.4) is 0 Å². The molecule has 6 unspecified atom stereocenters. The second-order valence-corrected chi connectivity index (χ2v) is 7.81. The summed E-state index contributed by atoms with van der Waals surface area (Å²) in [6.45, 7) is 0.342. The van der Waals surface area contributed by atoms with Crippen LogP contribution >= 0.6 is 8.17 Å². The molecule has 2 aliphatic rings.